The number of hydrogen-bond acceptors (Lipinski definition) is 2. The standard InChI is InChI=1S/C9H23NOSi/c1-5-11-12(8-6-7-10)9(2,3)4/h12H,5-8,10H2,1-4H3. The van der Waals surface area contributed by atoms with Gasteiger partial charge in [-0.2, -0.15) is 0 Å². The van der Waals surface area contributed by atoms with Crippen molar-refractivity contribution in [3.8, 4) is 0 Å². The average Bonchev–Trinajstić information content (AvgIpc) is 1.95. The van der Waals surface area contributed by atoms with Gasteiger partial charge in [0, 0.05) is 6.61 Å². The first-order valence-electron chi connectivity index (χ1n) is 4.84. The minimum Gasteiger partial charge on any atom is -0.420 e. The molecular weight excluding hydrogens is 166 g/mol. The van der Waals surface area contributed by atoms with Crippen LogP contribution in [0.5, 0.6) is 0 Å². The zero-order valence-corrected chi connectivity index (χ0v) is 10.0. The molecule has 0 saturated carbocycles. The molecule has 0 radical (unpaired) electrons. The Morgan fingerprint density at radius 2 is 1.92 bits per heavy atom. The highest BCUT2D eigenvalue weighted by atomic mass is 28.3. The zero-order chi connectivity index (χ0) is 9.61. The Bertz CT molecular complexity index is 112. The molecule has 0 aliphatic rings. The van der Waals surface area contributed by atoms with E-state index in [1.165, 1.54) is 6.04 Å². The predicted octanol–water partition coefficient (Wildman–Crippen LogP) is 1.90. The van der Waals surface area contributed by atoms with E-state index in [0.717, 1.165) is 19.6 Å². The van der Waals surface area contributed by atoms with Crippen molar-refractivity contribution < 1.29 is 4.43 Å². The smallest absolute Gasteiger partial charge is 0.182 e. The maximum atomic E-state index is 5.79. The molecule has 0 aromatic heterocycles. The van der Waals surface area contributed by atoms with E-state index in [1.807, 2.05) is 0 Å². The van der Waals surface area contributed by atoms with E-state index in [9.17, 15) is 0 Å². The van der Waals surface area contributed by atoms with Crippen molar-refractivity contribution in [1.29, 1.82) is 0 Å². The predicted molar refractivity (Wildman–Crippen MR) is 57.0 cm³/mol. The van der Waals surface area contributed by atoms with Crippen LogP contribution in [0.2, 0.25) is 11.1 Å². The number of hydrogen-bond donors (Lipinski definition) is 1. The summed E-state index contributed by atoms with van der Waals surface area (Å²) in [6, 6.07) is 1.22. The third kappa shape index (κ3) is 4.90. The largest absolute Gasteiger partial charge is 0.420 e. The Morgan fingerprint density at radius 3 is 2.25 bits per heavy atom. The molecule has 3 heteroatoms. The molecule has 12 heavy (non-hydrogen) atoms. The second-order valence-corrected chi connectivity index (χ2v) is 7.86. The molecule has 0 bridgehead atoms. The highest BCUT2D eigenvalue weighted by Gasteiger charge is 2.26. The number of nitrogens with two attached hydrogens (primary N) is 1. The van der Waals surface area contributed by atoms with E-state index in [-0.39, 0.29) is 0 Å². The summed E-state index contributed by atoms with van der Waals surface area (Å²) in [6.07, 6.45) is 1.12. The van der Waals surface area contributed by atoms with Gasteiger partial charge in [-0.15, -0.1) is 0 Å². The molecule has 0 spiro atoms. The molecule has 2 nitrogen and oxygen atoms in total. The summed E-state index contributed by atoms with van der Waals surface area (Å²) in [5.41, 5.74) is 5.48. The second kappa shape index (κ2) is 5.73. The maximum absolute atomic E-state index is 5.79. The lowest BCUT2D eigenvalue weighted by Gasteiger charge is -2.28. The van der Waals surface area contributed by atoms with Gasteiger partial charge in [-0.05, 0) is 31.0 Å². The van der Waals surface area contributed by atoms with Gasteiger partial charge >= 0.3 is 0 Å². The van der Waals surface area contributed by atoms with Crippen LogP contribution in [0.25, 0.3) is 0 Å². The molecule has 0 rings (SSSR count). The summed E-state index contributed by atoms with van der Waals surface area (Å²) >= 11 is 0. The summed E-state index contributed by atoms with van der Waals surface area (Å²) in [4.78, 5) is 0. The van der Waals surface area contributed by atoms with Crippen molar-refractivity contribution in [2.75, 3.05) is 13.2 Å². The number of rotatable bonds is 5. The maximum Gasteiger partial charge on any atom is 0.182 e. The van der Waals surface area contributed by atoms with Crippen LogP contribution in [0.3, 0.4) is 0 Å². The summed E-state index contributed by atoms with van der Waals surface area (Å²) in [5, 5.41) is 0.380. The zero-order valence-electron chi connectivity index (χ0n) is 8.89. The lowest BCUT2D eigenvalue weighted by atomic mass is 10.2. The van der Waals surface area contributed by atoms with Gasteiger partial charge in [0.25, 0.3) is 0 Å². The van der Waals surface area contributed by atoms with Gasteiger partial charge in [-0.1, -0.05) is 20.8 Å². The third-order valence-corrected chi connectivity index (χ3v) is 5.60. The van der Waals surface area contributed by atoms with E-state index in [2.05, 4.69) is 27.7 Å². The van der Waals surface area contributed by atoms with Crippen LogP contribution in [-0.2, 0) is 4.43 Å². The summed E-state index contributed by atoms with van der Waals surface area (Å²) in [5.74, 6) is 0. The van der Waals surface area contributed by atoms with Crippen LogP contribution in [0, 0.1) is 0 Å². The Morgan fingerprint density at radius 1 is 1.33 bits per heavy atom. The van der Waals surface area contributed by atoms with Gasteiger partial charge in [-0.25, -0.2) is 0 Å². The fraction of sp³-hybridized carbons (Fsp3) is 1.00. The lowest BCUT2D eigenvalue weighted by Crippen LogP contribution is -2.29. The first kappa shape index (κ1) is 12.1. The fourth-order valence-electron chi connectivity index (χ4n) is 1.27. The Hall–Kier alpha value is 0.137. The molecule has 0 aromatic rings. The molecule has 0 aliphatic carbocycles. The topological polar surface area (TPSA) is 35.2 Å². The van der Waals surface area contributed by atoms with Gasteiger partial charge < -0.3 is 10.2 Å². The first-order chi connectivity index (χ1) is 5.52. The first-order valence-corrected chi connectivity index (χ1v) is 6.70. The minimum atomic E-state index is -1.02. The molecule has 0 heterocycles. The highest BCUT2D eigenvalue weighted by molar-refractivity contribution is 6.55. The van der Waals surface area contributed by atoms with Gasteiger partial charge in [0.1, 0.15) is 0 Å². The molecule has 2 N–H and O–H groups in total. The van der Waals surface area contributed by atoms with Gasteiger partial charge in [0.05, 0.1) is 0 Å². The van der Waals surface area contributed by atoms with Crippen molar-refractivity contribution in [3.05, 3.63) is 0 Å². The van der Waals surface area contributed by atoms with Gasteiger partial charge in [-0.3, -0.25) is 0 Å². The third-order valence-electron chi connectivity index (χ3n) is 2.00. The van der Waals surface area contributed by atoms with Crippen LogP contribution < -0.4 is 5.73 Å². The van der Waals surface area contributed by atoms with E-state index >= 15 is 0 Å². The summed E-state index contributed by atoms with van der Waals surface area (Å²) in [6.45, 7) is 10.6. The van der Waals surface area contributed by atoms with Crippen LogP contribution >= 0.6 is 0 Å². The normalized spacial score (nSPS) is 14.8. The molecule has 0 aromatic carbocycles. The molecule has 0 saturated heterocycles. The minimum absolute atomic E-state index is 0.380. The second-order valence-electron chi connectivity index (χ2n) is 4.24. The molecule has 1 atom stereocenters. The van der Waals surface area contributed by atoms with Gasteiger partial charge in [0.2, 0.25) is 0 Å². The fourth-order valence-corrected chi connectivity index (χ4v) is 3.81. The van der Waals surface area contributed by atoms with Crippen LogP contribution in [0.4, 0.5) is 0 Å². The Balaban J connectivity index is 3.86. The van der Waals surface area contributed by atoms with E-state index in [1.54, 1.807) is 0 Å². The van der Waals surface area contributed by atoms with Crippen molar-refractivity contribution in [1.82, 2.24) is 0 Å². The van der Waals surface area contributed by atoms with Crippen molar-refractivity contribution in [2.24, 2.45) is 5.73 Å². The SMILES string of the molecule is CCO[SiH](CCCN)C(C)(C)C. The van der Waals surface area contributed by atoms with Crippen molar-refractivity contribution in [3.63, 3.8) is 0 Å². The average molecular weight is 189 g/mol. The van der Waals surface area contributed by atoms with Gasteiger partial charge in [0.15, 0.2) is 9.04 Å². The van der Waals surface area contributed by atoms with Crippen LogP contribution in [0.15, 0.2) is 0 Å². The molecule has 0 fully saturated rings. The quantitative estimate of drug-likeness (QED) is 0.670. The van der Waals surface area contributed by atoms with Crippen molar-refractivity contribution in [2.45, 2.75) is 45.2 Å². The lowest BCUT2D eigenvalue weighted by molar-refractivity contribution is 0.321. The van der Waals surface area contributed by atoms with E-state index in [4.69, 9.17) is 10.2 Å². The Kier molecular flexibility index (Phi) is 5.79. The molecule has 0 aliphatic heterocycles. The molecular formula is C9H23NOSi. The summed E-state index contributed by atoms with van der Waals surface area (Å²) < 4.78 is 5.79. The van der Waals surface area contributed by atoms with E-state index < -0.39 is 9.04 Å². The highest BCUT2D eigenvalue weighted by Crippen LogP contribution is 2.30. The van der Waals surface area contributed by atoms with Crippen LogP contribution in [0.1, 0.15) is 34.1 Å². The van der Waals surface area contributed by atoms with Crippen LogP contribution in [-0.4, -0.2) is 22.2 Å². The Labute approximate surface area is 78.2 Å². The summed E-state index contributed by atoms with van der Waals surface area (Å²) in [7, 11) is -1.02. The molecule has 0 amide bonds. The van der Waals surface area contributed by atoms with E-state index in [0.29, 0.717) is 5.04 Å². The monoisotopic (exact) mass is 189 g/mol. The molecule has 74 valence electrons. The molecule has 1 unspecified atom stereocenters. The van der Waals surface area contributed by atoms with Crippen molar-refractivity contribution >= 4 is 9.04 Å².